The van der Waals surface area contributed by atoms with Crippen molar-refractivity contribution in [2.75, 3.05) is 0 Å². The molecule has 0 aliphatic rings. The summed E-state index contributed by atoms with van der Waals surface area (Å²) in [6.07, 6.45) is 0. The Labute approximate surface area is 313 Å². The van der Waals surface area contributed by atoms with E-state index in [4.69, 9.17) is 20.0 Å². The van der Waals surface area contributed by atoms with Crippen molar-refractivity contribution in [1.29, 1.82) is 0 Å². The molecular formula is C50H38N4. The summed E-state index contributed by atoms with van der Waals surface area (Å²) < 4.78 is 0. The molecule has 0 bridgehead atoms. The Bertz CT molecular complexity index is 2730. The molecule has 0 aliphatic heterocycles. The van der Waals surface area contributed by atoms with Crippen LogP contribution in [0.4, 0.5) is 22.7 Å². The highest BCUT2D eigenvalue weighted by Crippen LogP contribution is 2.30. The van der Waals surface area contributed by atoms with Crippen LogP contribution in [-0.2, 0) is 0 Å². The molecule has 0 unspecified atom stereocenters. The molecule has 0 heterocycles. The van der Waals surface area contributed by atoms with Crippen LogP contribution in [0.25, 0.3) is 43.1 Å². The van der Waals surface area contributed by atoms with Gasteiger partial charge in [-0.1, -0.05) is 72.8 Å². The first-order valence-electron chi connectivity index (χ1n) is 18.4. The molecule has 0 atom stereocenters. The van der Waals surface area contributed by atoms with Gasteiger partial charge in [-0.05, 0) is 156 Å². The lowest BCUT2D eigenvalue weighted by atomic mass is 9.93. The van der Waals surface area contributed by atoms with Gasteiger partial charge in [0.15, 0.2) is 0 Å². The van der Waals surface area contributed by atoms with Crippen molar-refractivity contribution in [3.8, 4) is 0 Å². The van der Waals surface area contributed by atoms with Crippen LogP contribution in [0.3, 0.4) is 0 Å². The summed E-state index contributed by atoms with van der Waals surface area (Å²) in [5.74, 6) is 0. The number of rotatable bonds is 4. The molecule has 0 aliphatic carbocycles. The lowest BCUT2D eigenvalue weighted by molar-refractivity contribution is 1.20. The zero-order valence-electron chi connectivity index (χ0n) is 30.8. The van der Waals surface area contributed by atoms with Gasteiger partial charge in [-0.3, -0.25) is 0 Å². The molecule has 0 N–H and O–H groups in total. The van der Waals surface area contributed by atoms with Gasteiger partial charge in [0.25, 0.3) is 0 Å². The average Bonchev–Trinajstić information content (AvgIpc) is 3.21. The molecule has 0 radical (unpaired) electrons. The van der Waals surface area contributed by atoms with Gasteiger partial charge >= 0.3 is 0 Å². The second-order valence-corrected chi connectivity index (χ2v) is 14.0. The smallest absolute Gasteiger partial charge is 0.0748 e. The van der Waals surface area contributed by atoms with E-state index in [9.17, 15) is 0 Å². The summed E-state index contributed by atoms with van der Waals surface area (Å²) >= 11 is 0. The number of para-hydroxylation sites is 4. The molecular weight excluding hydrogens is 657 g/mol. The summed E-state index contributed by atoms with van der Waals surface area (Å²) in [5.41, 5.74) is 8.21. The van der Waals surface area contributed by atoms with E-state index in [2.05, 4.69) is 113 Å². The van der Waals surface area contributed by atoms with Crippen molar-refractivity contribution in [3.63, 3.8) is 0 Å². The van der Waals surface area contributed by atoms with Crippen LogP contribution in [0, 0.1) is 27.7 Å². The first-order valence-corrected chi connectivity index (χ1v) is 18.4. The van der Waals surface area contributed by atoms with Gasteiger partial charge in [-0.2, -0.15) is 0 Å². The lowest BCUT2D eigenvalue weighted by Gasteiger charge is -2.13. The number of nitrogens with zero attached hydrogens (tertiary/aromatic N) is 4. The zero-order chi connectivity index (χ0) is 36.8. The van der Waals surface area contributed by atoms with Crippen LogP contribution in [0.5, 0.6) is 0 Å². The predicted octanol–water partition coefficient (Wildman–Crippen LogP) is 11.3. The van der Waals surface area contributed by atoms with Crippen LogP contribution < -0.4 is 21.4 Å². The minimum atomic E-state index is 0.927. The van der Waals surface area contributed by atoms with Gasteiger partial charge < -0.3 is 0 Å². The van der Waals surface area contributed by atoms with E-state index in [0.717, 1.165) is 110 Å². The minimum Gasteiger partial charge on any atom is -0.248 e. The van der Waals surface area contributed by atoms with Gasteiger partial charge in [0.2, 0.25) is 0 Å². The molecule has 0 fully saturated rings. The Hall–Kier alpha value is -6.78. The largest absolute Gasteiger partial charge is 0.248 e. The van der Waals surface area contributed by atoms with Crippen molar-refractivity contribution in [2.24, 2.45) is 20.0 Å². The standard InChI is InChI=1S/C50H38N4/c1-31-32(2)48(52-40-19-11-6-12-20-40)44-28-36-26-38-30-46-45(29-37(38)25-35(36)27-43(44)47(31)51-39-17-9-5-10-18-39)49(53-41-21-13-7-14-22-41)33(3)34(4)50(46)54-42-23-15-8-16-24-42/h5-30H,1-4H3/b51-47-,52-48+,53-49+,54-50+. The summed E-state index contributed by atoms with van der Waals surface area (Å²) in [4.78, 5) is 20.9. The maximum Gasteiger partial charge on any atom is 0.0748 e. The molecule has 4 heteroatoms. The van der Waals surface area contributed by atoms with Gasteiger partial charge in [-0.15, -0.1) is 0 Å². The monoisotopic (exact) mass is 694 g/mol. The first-order chi connectivity index (χ1) is 26.4. The minimum absolute atomic E-state index is 0.927. The number of hydrogen-bond donors (Lipinski definition) is 0. The van der Waals surface area contributed by atoms with Gasteiger partial charge in [-0.25, -0.2) is 20.0 Å². The third-order valence-corrected chi connectivity index (χ3v) is 10.6. The number of fused-ring (bicyclic) bond motifs is 4. The molecule has 0 amide bonds. The van der Waals surface area contributed by atoms with Crippen LogP contribution >= 0.6 is 0 Å². The van der Waals surface area contributed by atoms with E-state index < -0.39 is 0 Å². The zero-order valence-corrected chi connectivity index (χ0v) is 30.8. The second-order valence-electron chi connectivity index (χ2n) is 14.0. The highest BCUT2D eigenvalue weighted by atomic mass is 14.8. The van der Waals surface area contributed by atoms with E-state index in [1.54, 1.807) is 0 Å². The summed E-state index contributed by atoms with van der Waals surface area (Å²) in [5, 5.41) is 12.8. The molecule has 54 heavy (non-hydrogen) atoms. The average molecular weight is 695 g/mol. The third-order valence-electron chi connectivity index (χ3n) is 10.6. The van der Waals surface area contributed by atoms with Crippen molar-refractivity contribution in [1.82, 2.24) is 0 Å². The molecule has 4 nitrogen and oxygen atoms in total. The second kappa shape index (κ2) is 13.6. The van der Waals surface area contributed by atoms with Crippen molar-refractivity contribution < 1.29 is 0 Å². The fourth-order valence-corrected chi connectivity index (χ4v) is 7.51. The van der Waals surface area contributed by atoms with Gasteiger partial charge in [0.05, 0.1) is 44.2 Å². The first kappa shape index (κ1) is 33.1. The lowest BCUT2D eigenvalue weighted by Crippen LogP contribution is -2.20. The maximum absolute atomic E-state index is 5.24. The third kappa shape index (κ3) is 6.02. The highest BCUT2D eigenvalue weighted by molar-refractivity contribution is 6.08. The molecule has 9 aromatic carbocycles. The van der Waals surface area contributed by atoms with Gasteiger partial charge in [0.1, 0.15) is 0 Å². The summed E-state index contributed by atoms with van der Waals surface area (Å²) in [6, 6.07) is 54.7. The Balaban J connectivity index is 1.40. The molecule has 9 aromatic rings. The number of benzene rings is 9. The topological polar surface area (TPSA) is 49.4 Å². The van der Waals surface area contributed by atoms with Crippen LogP contribution in [0.2, 0.25) is 0 Å². The van der Waals surface area contributed by atoms with Gasteiger partial charge in [0, 0.05) is 21.5 Å². The van der Waals surface area contributed by atoms with E-state index in [0.29, 0.717) is 0 Å². The quantitative estimate of drug-likeness (QED) is 0.165. The molecule has 0 saturated heterocycles. The highest BCUT2D eigenvalue weighted by Gasteiger charge is 2.14. The summed E-state index contributed by atoms with van der Waals surface area (Å²) in [7, 11) is 0. The molecule has 9 rings (SSSR count). The van der Waals surface area contributed by atoms with Crippen molar-refractivity contribution in [2.45, 2.75) is 27.7 Å². The number of hydrogen-bond acceptors (Lipinski definition) is 4. The predicted molar refractivity (Wildman–Crippen MR) is 224 cm³/mol. The Morgan fingerprint density at radius 2 is 0.463 bits per heavy atom. The van der Waals surface area contributed by atoms with E-state index in [1.165, 1.54) is 0 Å². The van der Waals surface area contributed by atoms with Crippen LogP contribution in [0.15, 0.2) is 178 Å². The molecule has 0 aromatic heterocycles. The normalized spacial score (nSPS) is 13.3. The van der Waals surface area contributed by atoms with Crippen LogP contribution in [-0.4, -0.2) is 0 Å². The van der Waals surface area contributed by atoms with Crippen molar-refractivity contribution >= 4 is 65.8 Å². The van der Waals surface area contributed by atoms with Crippen molar-refractivity contribution in [3.05, 3.63) is 201 Å². The maximum atomic E-state index is 5.24. The molecule has 0 saturated carbocycles. The molecule has 258 valence electrons. The Morgan fingerprint density at radius 3 is 0.667 bits per heavy atom. The molecule has 0 spiro atoms. The SMILES string of the molecule is Cc1c(C)/c(=N\c2ccccc2)c2cc3cc4cc5/c(=N/c6ccccc6)c(C)c(C)/c(=N\c6ccccc6)c5cc4cc3cc2/c1=N\c1ccccc1. The van der Waals surface area contributed by atoms with E-state index in [-0.39, 0.29) is 0 Å². The Kier molecular flexibility index (Phi) is 8.36. The fourth-order valence-electron chi connectivity index (χ4n) is 7.51. The van der Waals surface area contributed by atoms with Crippen LogP contribution in [0.1, 0.15) is 22.3 Å². The fraction of sp³-hybridized carbons (Fsp3) is 0.0800. The Morgan fingerprint density at radius 1 is 0.259 bits per heavy atom. The summed E-state index contributed by atoms with van der Waals surface area (Å²) in [6.45, 7) is 8.66. The van der Waals surface area contributed by atoms with E-state index in [1.807, 2.05) is 72.8 Å². The van der Waals surface area contributed by atoms with E-state index >= 15 is 0 Å².